The van der Waals surface area contributed by atoms with Crippen molar-refractivity contribution in [2.45, 2.75) is 32.5 Å². The van der Waals surface area contributed by atoms with Crippen molar-refractivity contribution in [1.29, 1.82) is 0 Å². The molecule has 0 bridgehead atoms. The van der Waals surface area contributed by atoms with E-state index in [4.69, 9.17) is 4.74 Å². The molecule has 1 nitrogen and oxygen atoms in total. The highest BCUT2D eigenvalue weighted by atomic mass is 28.3. The van der Waals surface area contributed by atoms with Crippen LogP contribution in [0.4, 0.5) is 0 Å². The quantitative estimate of drug-likeness (QED) is 0.530. The first kappa shape index (κ1) is 7.86. The minimum Gasteiger partial charge on any atom is -0.499 e. The van der Waals surface area contributed by atoms with Crippen molar-refractivity contribution in [3.63, 3.8) is 0 Å². The van der Waals surface area contributed by atoms with Crippen molar-refractivity contribution in [3.05, 3.63) is 11.5 Å². The minimum absolute atomic E-state index is 0.941. The van der Waals surface area contributed by atoms with Gasteiger partial charge in [-0.3, -0.25) is 0 Å². The Bertz CT molecular complexity index is 136. The van der Waals surface area contributed by atoms with Crippen molar-refractivity contribution in [2.24, 2.45) is 0 Å². The van der Waals surface area contributed by atoms with Gasteiger partial charge in [0.1, 0.15) is 0 Å². The third kappa shape index (κ3) is 2.56. The van der Waals surface area contributed by atoms with Crippen LogP contribution in [0.15, 0.2) is 11.5 Å². The fourth-order valence-electron chi connectivity index (χ4n) is 1.12. The van der Waals surface area contributed by atoms with E-state index in [1.54, 1.807) is 0 Å². The maximum Gasteiger partial charge on any atom is 0.0883 e. The molecule has 1 saturated heterocycles. The number of allylic oxidation sites excluding steroid dienone is 1. The van der Waals surface area contributed by atoms with Gasteiger partial charge in [-0.1, -0.05) is 25.3 Å². The van der Waals surface area contributed by atoms with Crippen LogP contribution in [0.25, 0.3) is 0 Å². The lowest BCUT2D eigenvalue weighted by Crippen LogP contribution is -2.16. The molecule has 0 radical (unpaired) electrons. The molecule has 0 aromatic carbocycles. The third-order valence-electron chi connectivity index (χ3n) is 1.45. The summed E-state index contributed by atoms with van der Waals surface area (Å²) in [6.07, 6.45) is 2.39. The lowest BCUT2D eigenvalue weighted by Gasteiger charge is -2.10. The Morgan fingerprint density at radius 3 is 2.50 bits per heavy atom. The Morgan fingerprint density at radius 2 is 2.10 bits per heavy atom. The second-order valence-electron chi connectivity index (χ2n) is 3.93. The molecule has 0 aromatic rings. The topological polar surface area (TPSA) is 9.23 Å². The summed E-state index contributed by atoms with van der Waals surface area (Å²) in [4.78, 5) is 0. The highest BCUT2D eigenvalue weighted by molar-refractivity contribution is 6.81. The molecular formula is C8H16OSi. The first-order valence-corrected chi connectivity index (χ1v) is 7.50. The third-order valence-corrected chi connectivity index (χ3v) is 2.64. The van der Waals surface area contributed by atoms with E-state index in [0.29, 0.717) is 0 Å². The van der Waals surface area contributed by atoms with Gasteiger partial charge in [-0.2, -0.15) is 0 Å². The zero-order valence-electron chi connectivity index (χ0n) is 7.11. The molecule has 10 heavy (non-hydrogen) atoms. The normalized spacial score (nSPS) is 23.3. The van der Waals surface area contributed by atoms with Crippen LogP contribution in [-0.2, 0) is 4.74 Å². The molecule has 0 amide bonds. The predicted molar refractivity (Wildman–Crippen MR) is 46.6 cm³/mol. The van der Waals surface area contributed by atoms with E-state index < -0.39 is 8.07 Å². The highest BCUT2D eigenvalue weighted by Crippen LogP contribution is 2.18. The van der Waals surface area contributed by atoms with E-state index in [2.05, 4.69) is 25.3 Å². The Kier molecular flexibility index (Phi) is 2.19. The van der Waals surface area contributed by atoms with Crippen LogP contribution < -0.4 is 0 Å². The summed E-state index contributed by atoms with van der Waals surface area (Å²) in [5.41, 5.74) is 2.36. The number of rotatable bonds is 1. The first-order chi connectivity index (χ1) is 4.58. The van der Waals surface area contributed by atoms with Gasteiger partial charge in [0, 0.05) is 6.42 Å². The smallest absolute Gasteiger partial charge is 0.0883 e. The molecule has 1 aliphatic rings. The van der Waals surface area contributed by atoms with Gasteiger partial charge in [-0.25, -0.2) is 0 Å². The Morgan fingerprint density at radius 1 is 1.40 bits per heavy atom. The zero-order valence-corrected chi connectivity index (χ0v) is 8.11. The van der Waals surface area contributed by atoms with Crippen molar-refractivity contribution >= 4 is 8.07 Å². The van der Waals surface area contributed by atoms with Crippen LogP contribution >= 0.6 is 0 Å². The molecule has 1 aliphatic heterocycles. The van der Waals surface area contributed by atoms with Gasteiger partial charge in [0.25, 0.3) is 0 Å². The summed E-state index contributed by atoms with van der Waals surface area (Å²) in [7, 11) is -1.01. The molecule has 1 rings (SSSR count). The Balaban J connectivity index is 2.53. The van der Waals surface area contributed by atoms with Crippen molar-refractivity contribution in [2.75, 3.05) is 6.61 Å². The standard InChI is InChI=1S/C8H16OSi/c1-10(2,3)7-8-5-4-6-9-8/h7H,4-6H2,1-3H3/b8-7-. The fourth-order valence-corrected chi connectivity index (χ4v) is 2.31. The molecule has 2 heteroatoms. The molecule has 0 aliphatic carbocycles. The lowest BCUT2D eigenvalue weighted by atomic mass is 10.3. The van der Waals surface area contributed by atoms with Crippen molar-refractivity contribution in [1.82, 2.24) is 0 Å². The number of hydrogen-bond donors (Lipinski definition) is 0. The Hall–Kier alpha value is -0.243. The van der Waals surface area contributed by atoms with Gasteiger partial charge < -0.3 is 4.74 Å². The van der Waals surface area contributed by atoms with E-state index in [1.165, 1.54) is 18.6 Å². The summed E-state index contributed by atoms with van der Waals surface area (Å²) >= 11 is 0. The molecular weight excluding hydrogens is 140 g/mol. The van der Waals surface area contributed by atoms with Crippen LogP contribution in [0.3, 0.4) is 0 Å². The molecule has 0 N–H and O–H groups in total. The van der Waals surface area contributed by atoms with Gasteiger partial charge in [0.15, 0.2) is 0 Å². The van der Waals surface area contributed by atoms with Crippen LogP contribution in [0.1, 0.15) is 12.8 Å². The minimum atomic E-state index is -1.01. The number of hydrogen-bond acceptors (Lipinski definition) is 1. The van der Waals surface area contributed by atoms with Gasteiger partial charge in [0.05, 0.1) is 20.4 Å². The van der Waals surface area contributed by atoms with Gasteiger partial charge in [-0.05, 0) is 6.42 Å². The molecule has 0 atom stereocenters. The lowest BCUT2D eigenvalue weighted by molar-refractivity contribution is 0.264. The summed E-state index contributed by atoms with van der Waals surface area (Å²) < 4.78 is 5.42. The second kappa shape index (κ2) is 2.78. The molecule has 0 unspecified atom stereocenters. The van der Waals surface area contributed by atoms with Crippen LogP contribution in [0.5, 0.6) is 0 Å². The Labute approximate surface area is 64.1 Å². The fraction of sp³-hybridized carbons (Fsp3) is 0.750. The predicted octanol–water partition coefficient (Wildman–Crippen LogP) is 2.56. The van der Waals surface area contributed by atoms with Crippen LogP contribution in [0.2, 0.25) is 19.6 Å². The largest absolute Gasteiger partial charge is 0.499 e. The zero-order chi connectivity index (χ0) is 7.61. The summed E-state index contributed by atoms with van der Waals surface area (Å²) in [6, 6.07) is 0. The van der Waals surface area contributed by atoms with Gasteiger partial charge in [-0.15, -0.1) is 0 Å². The van der Waals surface area contributed by atoms with E-state index in [9.17, 15) is 0 Å². The second-order valence-corrected chi connectivity index (χ2v) is 8.95. The van der Waals surface area contributed by atoms with Crippen LogP contribution in [0, 0.1) is 0 Å². The monoisotopic (exact) mass is 156 g/mol. The number of ether oxygens (including phenoxy) is 1. The van der Waals surface area contributed by atoms with Crippen molar-refractivity contribution in [3.8, 4) is 0 Å². The van der Waals surface area contributed by atoms with Crippen molar-refractivity contribution < 1.29 is 4.74 Å². The average Bonchev–Trinajstić information content (AvgIpc) is 2.12. The summed E-state index contributed by atoms with van der Waals surface area (Å²) in [6.45, 7) is 7.95. The summed E-state index contributed by atoms with van der Waals surface area (Å²) in [5.74, 6) is 1.25. The molecule has 58 valence electrons. The summed E-state index contributed by atoms with van der Waals surface area (Å²) in [5, 5.41) is 0. The maximum absolute atomic E-state index is 5.42. The van der Waals surface area contributed by atoms with Crippen LogP contribution in [-0.4, -0.2) is 14.7 Å². The maximum atomic E-state index is 5.42. The molecule has 0 saturated carbocycles. The van der Waals surface area contributed by atoms with E-state index in [1.807, 2.05) is 0 Å². The van der Waals surface area contributed by atoms with Gasteiger partial charge in [0.2, 0.25) is 0 Å². The van der Waals surface area contributed by atoms with E-state index in [-0.39, 0.29) is 0 Å². The van der Waals surface area contributed by atoms with E-state index >= 15 is 0 Å². The molecule has 0 spiro atoms. The molecule has 0 aromatic heterocycles. The molecule has 1 fully saturated rings. The average molecular weight is 156 g/mol. The highest BCUT2D eigenvalue weighted by Gasteiger charge is 2.14. The SMILES string of the molecule is C[Si](C)(C)/C=C1/CCCO1. The molecule has 1 heterocycles. The van der Waals surface area contributed by atoms with E-state index in [0.717, 1.165) is 6.61 Å². The van der Waals surface area contributed by atoms with Gasteiger partial charge >= 0.3 is 0 Å². The first-order valence-electron chi connectivity index (χ1n) is 3.92.